The van der Waals surface area contributed by atoms with Gasteiger partial charge in [0.1, 0.15) is 29.8 Å². The van der Waals surface area contributed by atoms with Crippen LogP contribution < -0.4 is 25.6 Å². The number of nitrogen functional groups attached to an aromatic ring is 1. The Labute approximate surface area is 284 Å². The van der Waals surface area contributed by atoms with Crippen molar-refractivity contribution in [2.24, 2.45) is 0 Å². The molecule has 3 aliphatic heterocycles. The molecular formula is C36H41N9O4. The van der Waals surface area contributed by atoms with Gasteiger partial charge in [-0.3, -0.25) is 19.8 Å². The van der Waals surface area contributed by atoms with Gasteiger partial charge in [0, 0.05) is 44.2 Å². The second-order valence-electron chi connectivity index (χ2n) is 13.4. The number of carbonyl (C=O) groups excluding carboxylic acids is 2. The molecular weight excluding hydrogens is 622 g/mol. The third-order valence-corrected chi connectivity index (χ3v) is 10.6. The van der Waals surface area contributed by atoms with E-state index < -0.39 is 0 Å². The van der Waals surface area contributed by atoms with E-state index >= 15 is 0 Å². The molecule has 8 rings (SSSR count). The summed E-state index contributed by atoms with van der Waals surface area (Å²) >= 11 is 0. The van der Waals surface area contributed by atoms with Crippen molar-refractivity contribution >= 4 is 29.0 Å². The molecule has 2 saturated heterocycles. The summed E-state index contributed by atoms with van der Waals surface area (Å²) in [6.07, 6.45) is 9.21. The van der Waals surface area contributed by atoms with Crippen LogP contribution in [0.3, 0.4) is 0 Å². The van der Waals surface area contributed by atoms with Crippen molar-refractivity contribution < 1.29 is 19.4 Å². The van der Waals surface area contributed by atoms with E-state index in [9.17, 15) is 14.7 Å². The Bertz CT molecular complexity index is 1860. The van der Waals surface area contributed by atoms with Crippen LogP contribution in [-0.2, 0) is 9.59 Å². The molecule has 13 heteroatoms. The average Bonchev–Trinajstić information content (AvgIpc) is 3.62. The Kier molecular flexibility index (Phi) is 8.28. The number of nitrogens with two attached hydrogens (primary N) is 1. The Morgan fingerprint density at radius 1 is 0.898 bits per heavy atom. The maximum atomic E-state index is 12.7. The molecule has 4 aliphatic rings. The van der Waals surface area contributed by atoms with E-state index in [0.29, 0.717) is 54.9 Å². The number of benzene rings is 2. The lowest BCUT2D eigenvalue weighted by Crippen LogP contribution is -2.54. The lowest BCUT2D eigenvalue weighted by Gasteiger charge is -2.43. The van der Waals surface area contributed by atoms with Gasteiger partial charge in [-0.15, -0.1) is 10.2 Å². The predicted octanol–water partition coefficient (Wildman–Crippen LogP) is 3.47. The number of piperazine rings is 1. The molecule has 0 unspecified atom stereocenters. The normalized spacial score (nSPS) is 23.1. The molecule has 4 N–H and O–H groups in total. The van der Waals surface area contributed by atoms with Crippen LogP contribution in [0.4, 0.5) is 17.2 Å². The number of rotatable bonds is 6. The first-order chi connectivity index (χ1) is 23.9. The number of aromatic nitrogens is 4. The number of phenolic OH excluding ortho intramolecular Hbond substituents is 1. The number of ether oxygens (including phenoxy) is 1. The highest BCUT2D eigenvalue weighted by atomic mass is 16.5. The van der Waals surface area contributed by atoms with E-state index in [1.807, 2.05) is 24.5 Å². The largest absolute Gasteiger partial charge is 0.507 e. The van der Waals surface area contributed by atoms with Gasteiger partial charge in [0.05, 0.1) is 36.0 Å². The van der Waals surface area contributed by atoms with Crippen LogP contribution in [0.1, 0.15) is 50.0 Å². The van der Waals surface area contributed by atoms with Gasteiger partial charge < -0.3 is 25.4 Å². The van der Waals surface area contributed by atoms with E-state index in [2.05, 4.69) is 47.4 Å². The van der Waals surface area contributed by atoms with Crippen LogP contribution >= 0.6 is 0 Å². The number of hydrogen-bond acceptors (Lipinski definition) is 11. The number of amides is 2. The monoisotopic (exact) mass is 663 g/mol. The lowest BCUT2D eigenvalue weighted by atomic mass is 9.80. The topological polar surface area (TPSA) is 155 Å². The molecule has 3 fully saturated rings. The Balaban J connectivity index is 0.884. The fourth-order valence-corrected chi connectivity index (χ4v) is 8.02. The maximum Gasteiger partial charge on any atom is 0.249 e. The van der Waals surface area contributed by atoms with Crippen molar-refractivity contribution in [1.82, 2.24) is 30.2 Å². The van der Waals surface area contributed by atoms with Crippen LogP contribution in [-0.4, -0.2) is 93.2 Å². The van der Waals surface area contributed by atoms with E-state index in [1.54, 1.807) is 28.9 Å². The van der Waals surface area contributed by atoms with E-state index in [1.165, 1.54) is 5.56 Å². The van der Waals surface area contributed by atoms with E-state index in [-0.39, 0.29) is 29.4 Å². The second-order valence-corrected chi connectivity index (χ2v) is 13.4. The first kappa shape index (κ1) is 31.1. The quantitative estimate of drug-likeness (QED) is 0.260. The molecule has 1 aliphatic carbocycles. The lowest BCUT2D eigenvalue weighted by molar-refractivity contribution is -0.134. The number of aromatic hydroxyl groups is 1. The molecule has 0 bridgehead atoms. The molecule has 2 aromatic heterocycles. The third kappa shape index (κ3) is 6.03. The minimum Gasteiger partial charge on any atom is -0.507 e. The van der Waals surface area contributed by atoms with Crippen LogP contribution in [0.5, 0.6) is 11.5 Å². The zero-order valence-corrected chi connectivity index (χ0v) is 27.4. The number of phenols is 1. The number of fused-ring (bicyclic) bond motifs is 1. The minimum atomic E-state index is -0.340. The van der Waals surface area contributed by atoms with Gasteiger partial charge in [0.2, 0.25) is 11.8 Å². The van der Waals surface area contributed by atoms with Gasteiger partial charge >= 0.3 is 0 Å². The van der Waals surface area contributed by atoms with Crippen molar-refractivity contribution in [3.05, 3.63) is 66.5 Å². The van der Waals surface area contributed by atoms with Gasteiger partial charge in [-0.1, -0.05) is 24.3 Å². The van der Waals surface area contributed by atoms with Crippen LogP contribution in [0.2, 0.25) is 0 Å². The molecule has 254 valence electrons. The highest BCUT2D eigenvalue weighted by Gasteiger charge is 2.37. The molecule has 0 spiro atoms. The molecule has 0 radical (unpaired) electrons. The number of imide groups is 1. The third-order valence-electron chi connectivity index (χ3n) is 10.6. The van der Waals surface area contributed by atoms with E-state index in [4.69, 9.17) is 10.5 Å². The highest BCUT2D eigenvalue weighted by molar-refractivity contribution is 6.02. The minimum absolute atomic E-state index is 0.131. The first-order valence-corrected chi connectivity index (χ1v) is 17.2. The van der Waals surface area contributed by atoms with Gasteiger partial charge in [0.15, 0.2) is 5.82 Å². The molecule has 1 saturated carbocycles. The molecule has 2 amide bonds. The van der Waals surface area contributed by atoms with Gasteiger partial charge in [-0.25, -0.2) is 4.68 Å². The van der Waals surface area contributed by atoms with Crippen molar-refractivity contribution in [1.29, 1.82) is 0 Å². The van der Waals surface area contributed by atoms with Crippen molar-refractivity contribution in [2.75, 3.05) is 54.9 Å². The highest BCUT2D eigenvalue weighted by Crippen LogP contribution is 2.45. The van der Waals surface area contributed by atoms with Gasteiger partial charge in [-0.2, -0.15) is 5.10 Å². The Hall–Kier alpha value is -5.17. The standard InChI is InChI=1S/C36H41N9O4/c37-35-31(20-28(40-41-35)27-4-1-2-7-32(27)46)45-22-25(21-38-45)43-16-14-42(15-17-43)24-10-8-23(9-11-24)26-5-3-6-29-34(26)49-19-18-44(29)30-12-13-33(47)39-36(30)48/h1-7,20-24,30,46H,8-19H2,(H2,37,41)(H,39,47,48)/t23-,24-,30-/m1/s1. The summed E-state index contributed by atoms with van der Waals surface area (Å²) < 4.78 is 7.99. The smallest absolute Gasteiger partial charge is 0.249 e. The number of nitrogens with zero attached hydrogens (tertiary/aromatic N) is 7. The fourth-order valence-electron chi connectivity index (χ4n) is 8.02. The van der Waals surface area contributed by atoms with Crippen LogP contribution in [0.15, 0.2) is 60.9 Å². The number of piperidine rings is 1. The summed E-state index contributed by atoms with van der Waals surface area (Å²) in [7, 11) is 0. The summed E-state index contributed by atoms with van der Waals surface area (Å²) in [4.78, 5) is 31.6. The number of hydrogen-bond donors (Lipinski definition) is 3. The maximum absolute atomic E-state index is 12.7. The summed E-state index contributed by atoms with van der Waals surface area (Å²) in [5.41, 5.74) is 11.2. The Morgan fingerprint density at radius 2 is 1.71 bits per heavy atom. The molecule has 2 aromatic carbocycles. The first-order valence-electron chi connectivity index (χ1n) is 17.2. The fraction of sp³-hybridized carbons (Fsp3) is 0.417. The Morgan fingerprint density at radius 3 is 2.51 bits per heavy atom. The molecule has 4 aromatic rings. The van der Waals surface area contributed by atoms with Crippen LogP contribution in [0.25, 0.3) is 16.9 Å². The zero-order chi connectivity index (χ0) is 33.5. The number of nitrogens with one attached hydrogen (secondary N) is 1. The van der Waals surface area contributed by atoms with Crippen molar-refractivity contribution in [2.45, 2.75) is 56.5 Å². The van der Waals surface area contributed by atoms with Gasteiger partial charge in [0.25, 0.3) is 0 Å². The van der Waals surface area contributed by atoms with Crippen molar-refractivity contribution in [3.63, 3.8) is 0 Å². The zero-order valence-electron chi connectivity index (χ0n) is 27.4. The van der Waals surface area contributed by atoms with Crippen molar-refractivity contribution in [3.8, 4) is 28.4 Å². The summed E-state index contributed by atoms with van der Waals surface area (Å²) in [5, 5.41) is 25.7. The number of para-hydroxylation sites is 2. The van der Waals surface area contributed by atoms with Crippen LogP contribution in [0, 0.1) is 0 Å². The second kappa shape index (κ2) is 13.0. The van der Waals surface area contributed by atoms with Gasteiger partial charge in [-0.05, 0) is 67.9 Å². The summed E-state index contributed by atoms with van der Waals surface area (Å²) in [5.74, 6) is 1.33. The molecule has 1 atom stereocenters. The SMILES string of the molecule is Nc1nnc(-c2ccccc2O)cc1-n1cc(N2CCN([C@H]3CC[C@H](c4cccc5c4OCCN5[C@@H]4CCC(=O)NC4=O)CC3)CC2)cn1. The summed E-state index contributed by atoms with van der Waals surface area (Å²) in [6, 6.07) is 15.4. The predicted molar refractivity (Wildman–Crippen MR) is 185 cm³/mol. The number of anilines is 3. The average molecular weight is 664 g/mol. The molecule has 13 nitrogen and oxygen atoms in total. The summed E-state index contributed by atoms with van der Waals surface area (Å²) in [6.45, 7) is 4.97. The number of carbonyl (C=O) groups is 2. The molecule has 5 heterocycles. The molecule has 49 heavy (non-hydrogen) atoms. The van der Waals surface area contributed by atoms with E-state index in [0.717, 1.165) is 69.0 Å².